The van der Waals surface area contributed by atoms with Gasteiger partial charge >= 0.3 is 0 Å². The summed E-state index contributed by atoms with van der Waals surface area (Å²) in [5, 5.41) is 2.97. The van der Waals surface area contributed by atoms with E-state index in [9.17, 15) is 14.4 Å². The summed E-state index contributed by atoms with van der Waals surface area (Å²) in [6, 6.07) is 14.7. The molecule has 2 aromatic carbocycles. The molecule has 1 N–H and O–H groups in total. The van der Waals surface area contributed by atoms with Crippen molar-refractivity contribution < 1.29 is 14.4 Å². The zero-order valence-corrected chi connectivity index (χ0v) is 16.0. The van der Waals surface area contributed by atoms with Crippen molar-refractivity contribution in [3.05, 3.63) is 69.7 Å². The van der Waals surface area contributed by atoms with Crippen LogP contribution in [0.2, 0.25) is 0 Å². The van der Waals surface area contributed by atoms with Crippen LogP contribution in [0.15, 0.2) is 53.0 Å². The van der Waals surface area contributed by atoms with Crippen molar-refractivity contribution in [3.8, 4) is 0 Å². The van der Waals surface area contributed by atoms with Crippen molar-refractivity contribution in [1.82, 2.24) is 10.2 Å². The zero-order valence-electron chi connectivity index (χ0n) is 14.4. The Morgan fingerprint density at radius 1 is 1.04 bits per heavy atom. The molecule has 134 valence electrons. The van der Waals surface area contributed by atoms with E-state index < -0.39 is 0 Å². The number of carbonyl (C=O) groups is 3. The lowest BCUT2D eigenvalue weighted by atomic mass is 10.1. The summed E-state index contributed by atoms with van der Waals surface area (Å²) in [7, 11) is 0. The molecule has 0 aliphatic carbocycles. The van der Waals surface area contributed by atoms with Gasteiger partial charge in [-0.1, -0.05) is 40.2 Å². The monoisotopic (exact) mass is 414 g/mol. The largest absolute Gasteiger partial charge is 0.346 e. The van der Waals surface area contributed by atoms with Crippen molar-refractivity contribution in [1.29, 1.82) is 0 Å². The molecule has 1 aliphatic rings. The van der Waals surface area contributed by atoms with Crippen molar-refractivity contribution >= 4 is 33.7 Å². The van der Waals surface area contributed by atoms with Gasteiger partial charge in [-0.3, -0.25) is 19.3 Å². The quantitative estimate of drug-likeness (QED) is 0.760. The van der Waals surface area contributed by atoms with Crippen molar-refractivity contribution in [2.75, 3.05) is 0 Å². The number of carbonyl (C=O) groups excluding carboxylic acids is 3. The molecule has 1 aliphatic heterocycles. The molecular weight excluding hydrogens is 396 g/mol. The van der Waals surface area contributed by atoms with Crippen molar-refractivity contribution in [3.63, 3.8) is 0 Å². The minimum atomic E-state index is -0.166. The molecule has 0 radical (unpaired) electrons. The first-order valence-electron chi connectivity index (χ1n) is 8.42. The van der Waals surface area contributed by atoms with E-state index in [1.807, 2.05) is 31.2 Å². The number of hydrogen-bond acceptors (Lipinski definition) is 3. The second-order valence-corrected chi connectivity index (χ2v) is 7.23. The van der Waals surface area contributed by atoms with Crippen LogP contribution in [0.25, 0.3) is 0 Å². The number of imide groups is 1. The van der Waals surface area contributed by atoms with Gasteiger partial charge in [-0.05, 0) is 42.3 Å². The van der Waals surface area contributed by atoms with Crippen molar-refractivity contribution in [2.45, 2.75) is 32.4 Å². The third-order valence-corrected chi connectivity index (χ3v) is 4.96. The van der Waals surface area contributed by atoms with Gasteiger partial charge in [0.25, 0.3) is 5.91 Å². The molecule has 5 nitrogen and oxygen atoms in total. The summed E-state index contributed by atoms with van der Waals surface area (Å²) in [5.41, 5.74) is 2.38. The van der Waals surface area contributed by atoms with Gasteiger partial charge in [-0.25, -0.2) is 0 Å². The van der Waals surface area contributed by atoms with Gasteiger partial charge in [0, 0.05) is 22.9 Å². The van der Waals surface area contributed by atoms with Crippen LogP contribution in [0.3, 0.4) is 0 Å². The Bertz CT molecular complexity index is 815. The number of benzene rings is 2. The SMILES string of the molecule is CC(NC(=O)c1ccc(CN2C(=O)CCC2=O)cc1)c1ccc(Br)cc1. The third-order valence-electron chi connectivity index (χ3n) is 4.43. The van der Waals surface area contributed by atoms with Crippen LogP contribution in [-0.4, -0.2) is 22.6 Å². The second kappa shape index (κ2) is 7.83. The molecule has 1 unspecified atom stereocenters. The average Bonchev–Trinajstić information content (AvgIpc) is 2.94. The molecule has 6 heteroatoms. The van der Waals surface area contributed by atoms with Crippen LogP contribution in [-0.2, 0) is 16.1 Å². The Kier molecular flexibility index (Phi) is 5.52. The van der Waals surface area contributed by atoms with Gasteiger partial charge in [0.05, 0.1) is 12.6 Å². The highest BCUT2D eigenvalue weighted by Crippen LogP contribution is 2.18. The number of nitrogens with zero attached hydrogens (tertiary/aromatic N) is 1. The van der Waals surface area contributed by atoms with Crippen LogP contribution in [0.1, 0.15) is 47.3 Å². The Morgan fingerprint density at radius 3 is 2.19 bits per heavy atom. The van der Waals surface area contributed by atoms with E-state index in [1.54, 1.807) is 24.3 Å². The maximum Gasteiger partial charge on any atom is 0.251 e. The van der Waals surface area contributed by atoms with Crippen LogP contribution < -0.4 is 5.32 Å². The number of rotatable bonds is 5. The number of nitrogens with one attached hydrogen (secondary N) is 1. The van der Waals surface area contributed by atoms with Crippen LogP contribution >= 0.6 is 15.9 Å². The molecule has 26 heavy (non-hydrogen) atoms. The van der Waals surface area contributed by atoms with Gasteiger partial charge in [0.1, 0.15) is 0 Å². The predicted octanol–water partition coefficient (Wildman–Crippen LogP) is 3.59. The number of halogens is 1. The van der Waals surface area contributed by atoms with Gasteiger partial charge in [-0.15, -0.1) is 0 Å². The standard InChI is InChI=1S/C20H19BrN2O3/c1-13(15-6-8-17(21)9-7-15)22-20(26)16-4-2-14(3-5-16)12-23-18(24)10-11-19(23)25/h2-9,13H,10-12H2,1H3,(H,22,26). The highest BCUT2D eigenvalue weighted by Gasteiger charge is 2.28. The second-order valence-electron chi connectivity index (χ2n) is 6.32. The summed E-state index contributed by atoms with van der Waals surface area (Å²) in [6.45, 7) is 2.19. The predicted molar refractivity (Wildman–Crippen MR) is 101 cm³/mol. The highest BCUT2D eigenvalue weighted by molar-refractivity contribution is 9.10. The summed E-state index contributed by atoms with van der Waals surface area (Å²) in [6.07, 6.45) is 0.570. The lowest BCUT2D eigenvalue weighted by molar-refractivity contribution is -0.139. The summed E-state index contributed by atoms with van der Waals surface area (Å²) >= 11 is 3.39. The summed E-state index contributed by atoms with van der Waals surface area (Å²) in [4.78, 5) is 37.0. The molecule has 1 atom stereocenters. The van der Waals surface area contributed by atoms with Gasteiger partial charge in [-0.2, -0.15) is 0 Å². The lowest BCUT2D eigenvalue weighted by Crippen LogP contribution is -2.28. The molecule has 0 saturated carbocycles. The molecule has 1 saturated heterocycles. The first kappa shape index (κ1) is 18.3. The summed E-state index contributed by atoms with van der Waals surface area (Å²) in [5.74, 6) is -0.444. The first-order valence-corrected chi connectivity index (χ1v) is 9.22. The molecule has 3 amide bonds. The fourth-order valence-electron chi connectivity index (χ4n) is 2.86. The van der Waals surface area contributed by atoms with Crippen LogP contribution in [0, 0.1) is 0 Å². The van der Waals surface area contributed by atoms with Gasteiger partial charge < -0.3 is 5.32 Å². The van der Waals surface area contributed by atoms with Gasteiger partial charge in [0.15, 0.2) is 0 Å². The van der Waals surface area contributed by atoms with E-state index in [4.69, 9.17) is 0 Å². The number of amides is 3. The maximum absolute atomic E-state index is 12.4. The molecule has 3 rings (SSSR count). The average molecular weight is 415 g/mol. The molecule has 1 fully saturated rings. The van der Waals surface area contributed by atoms with Gasteiger partial charge in [0.2, 0.25) is 11.8 Å². The smallest absolute Gasteiger partial charge is 0.251 e. The first-order chi connectivity index (χ1) is 12.4. The maximum atomic E-state index is 12.4. The fraction of sp³-hybridized carbons (Fsp3) is 0.250. The zero-order chi connectivity index (χ0) is 18.7. The van der Waals surface area contributed by atoms with E-state index in [1.165, 1.54) is 4.90 Å². The molecule has 0 bridgehead atoms. The third kappa shape index (κ3) is 4.19. The van der Waals surface area contributed by atoms with Crippen LogP contribution in [0.4, 0.5) is 0 Å². The Morgan fingerprint density at radius 2 is 1.62 bits per heavy atom. The molecule has 2 aromatic rings. The molecule has 0 spiro atoms. The summed E-state index contributed by atoms with van der Waals surface area (Å²) < 4.78 is 0.991. The minimum Gasteiger partial charge on any atom is -0.346 e. The van der Waals surface area contributed by atoms with Crippen molar-refractivity contribution in [2.24, 2.45) is 0 Å². The number of hydrogen-bond donors (Lipinski definition) is 1. The van der Waals surface area contributed by atoms with E-state index in [-0.39, 0.29) is 43.1 Å². The number of likely N-dealkylation sites (tertiary alicyclic amines) is 1. The Labute approximate surface area is 160 Å². The highest BCUT2D eigenvalue weighted by atomic mass is 79.9. The van der Waals surface area contributed by atoms with Crippen LogP contribution in [0.5, 0.6) is 0 Å². The Hall–Kier alpha value is -2.47. The van der Waals surface area contributed by atoms with E-state index in [0.717, 1.165) is 15.6 Å². The Balaban J connectivity index is 1.62. The topological polar surface area (TPSA) is 66.5 Å². The molecule has 1 heterocycles. The van der Waals surface area contributed by atoms with E-state index >= 15 is 0 Å². The van der Waals surface area contributed by atoms with E-state index in [0.29, 0.717) is 5.56 Å². The minimum absolute atomic E-state index is 0.116. The molecular formula is C20H19BrN2O3. The van der Waals surface area contributed by atoms with E-state index in [2.05, 4.69) is 21.2 Å². The fourth-order valence-corrected chi connectivity index (χ4v) is 3.12. The lowest BCUT2D eigenvalue weighted by Gasteiger charge is -2.16. The normalized spacial score (nSPS) is 15.2. The molecule has 0 aromatic heterocycles.